The minimum Gasteiger partial charge on any atom is -0.306 e. The molecule has 2 aromatic rings. The van der Waals surface area contributed by atoms with Crippen molar-refractivity contribution in [2.75, 3.05) is 6.54 Å². The Morgan fingerprint density at radius 3 is 2.58 bits per heavy atom. The fraction of sp³-hybridized carbons (Fsp3) is 0.286. The normalized spacial score (nSPS) is 12.4. The highest BCUT2D eigenvalue weighted by atomic mass is 19.2. The second kappa shape index (κ2) is 6.33. The Hall–Kier alpha value is -1.88. The van der Waals surface area contributed by atoms with Gasteiger partial charge in [0.2, 0.25) is 0 Å². The third kappa shape index (κ3) is 3.32. The van der Waals surface area contributed by atoms with Crippen LogP contribution in [0.25, 0.3) is 0 Å². The van der Waals surface area contributed by atoms with Crippen molar-refractivity contribution in [1.29, 1.82) is 0 Å². The van der Waals surface area contributed by atoms with E-state index in [-0.39, 0.29) is 6.04 Å². The van der Waals surface area contributed by atoms with E-state index >= 15 is 0 Å². The van der Waals surface area contributed by atoms with Crippen LogP contribution < -0.4 is 5.32 Å². The lowest BCUT2D eigenvalue weighted by Crippen LogP contribution is -2.23. The van der Waals surface area contributed by atoms with Crippen LogP contribution in [0.15, 0.2) is 36.7 Å². The molecule has 0 aliphatic heterocycles. The van der Waals surface area contributed by atoms with Gasteiger partial charge in [0.15, 0.2) is 11.6 Å². The van der Waals surface area contributed by atoms with Crippen LogP contribution in [-0.2, 0) is 0 Å². The predicted octanol–water partition coefficient (Wildman–Crippen LogP) is 2.84. The first-order valence-electron chi connectivity index (χ1n) is 6.17. The Morgan fingerprint density at radius 1 is 1.11 bits per heavy atom. The van der Waals surface area contributed by atoms with E-state index in [4.69, 9.17) is 0 Å². The SMILES string of the molecule is CCCNC(c1ccnnc1)c1ccc(F)c(F)c1. The van der Waals surface area contributed by atoms with Gasteiger partial charge in [0.1, 0.15) is 0 Å². The first-order valence-corrected chi connectivity index (χ1v) is 6.17. The average Bonchev–Trinajstić information content (AvgIpc) is 2.44. The summed E-state index contributed by atoms with van der Waals surface area (Å²) in [5.41, 5.74) is 1.54. The second-order valence-electron chi connectivity index (χ2n) is 4.24. The maximum absolute atomic E-state index is 13.3. The van der Waals surface area contributed by atoms with Crippen LogP contribution in [0.1, 0.15) is 30.5 Å². The Bertz CT molecular complexity index is 531. The third-order valence-electron chi connectivity index (χ3n) is 2.82. The topological polar surface area (TPSA) is 37.8 Å². The molecule has 100 valence electrons. The summed E-state index contributed by atoms with van der Waals surface area (Å²) in [7, 11) is 0. The van der Waals surface area contributed by atoms with Crippen LogP contribution in [0, 0.1) is 11.6 Å². The molecule has 0 spiro atoms. The molecule has 5 heteroatoms. The summed E-state index contributed by atoms with van der Waals surface area (Å²) in [6, 6.07) is 5.52. The van der Waals surface area contributed by atoms with Gasteiger partial charge in [-0.2, -0.15) is 10.2 Å². The molecule has 0 fully saturated rings. The Balaban J connectivity index is 2.34. The summed E-state index contributed by atoms with van der Waals surface area (Å²) in [5.74, 6) is -1.69. The molecule has 0 bridgehead atoms. The van der Waals surface area contributed by atoms with E-state index in [9.17, 15) is 8.78 Å². The molecule has 1 N–H and O–H groups in total. The lowest BCUT2D eigenvalue weighted by atomic mass is 10.00. The van der Waals surface area contributed by atoms with Gasteiger partial charge in [-0.25, -0.2) is 8.78 Å². The zero-order valence-corrected chi connectivity index (χ0v) is 10.6. The minimum absolute atomic E-state index is 0.217. The first-order chi connectivity index (χ1) is 9.22. The maximum atomic E-state index is 13.3. The van der Waals surface area contributed by atoms with Crippen LogP contribution in [0.2, 0.25) is 0 Å². The van der Waals surface area contributed by atoms with Gasteiger partial charge >= 0.3 is 0 Å². The molecule has 1 unspecified atom stereocenters. The molecule has 1 aromatic heterocycles. The fourth-order valence-corrected chi connectivity index (χ4v) is 1.88. The minimum atomic E-state index is -0.845. The van der Waals surface area contributed by atoms with Gasteiger partial charge in [0.25, 0.3) is 0 Å². The van der Waals surface area contributed by atoms with Gasteiger partial charge in [-0.1, -0.05) is 13.0 Å². The van der Waals surface area contributed by atoms with E-state index in [0.29, 0.717) is 5.56 Å². The lowest BCUT2D eigenvalue weighted by Gasteiger charge is -2.19. The van der Waals surface area contributed by atoms with E-state index < -0.39 is 11.6 Å². The molecule has 1 atom stereocenters. The average molecular weight is 263 g/mol. The molecule has 0 radical (unpaired) electrons. The number of aromatic nitrogens is 2. The largest absolute Gasteiger partial charge is 0.306 e. The molecule has 1 heterocycles. The molecule has 0 saturated carbocycles. The molecule has 19 heavy (non-hydrogen) atoms. The van der Waals surface area contributed by atoms with Crippen molar-refractivity contribution < 1.29 is 8.78 Å². The van der Waals surface area contributed by atoms with Crippen LogP contribution in [0.4, 0.5) is 8.78 Å². The highest BCUT2D eigenvalue weighted by Crippen LogP contribution is 2.22. The van der Waals surface area contributed by atoms with Gasteiger partial charge in [-0.05, 0) is 42.3 Å². The van der Waals surface area contributed by atoms with Crippen molar-refractivity contribution in [2.24, 2.45) is 0 Å². The molecule has 0 amide bonds. The van der Waals surface area contributed by atoms with Crippen molar-refractivity contribution in [3.63, 3.8) is 0 Å². The van der Waals surface area contributed by atoms with Gasteiger partial charge in [-0.15, -0.1) is 0 Å². The molecule has 2 rings (SSSR count). The van der Waals surface area contributed by atoms with Crippen LogP contribution in [-0.4, -0.2) is 16.7 Å². The summed E-state index contributed by atoms with van der Waals surface area (Å²) >= 11 is 0. The number of hydrogen-bond acceptors (Lipinski definition) is 3. The fourth-order valence-electron chi connectivity index (χ4n) is 1.88. The van der Waals surface area contributed by atoms with Gasteiger partial charge in [-0.3, -0.25) is 0 Å². The number of hydrogen-bond donors (Lipinski definition) is 1. The highest BCUT2D eigenvalue weighted by molar-refractivity contribution is 5.30. The van der Waals surface area contributed by atoms with E-state index in [1.54, 1.807) is 18.5 Å². The standard InChI is InChI=1S/C14H15F2N3/c1-2-6-17-14(11-5-7-18-19-9-11)10-3-4-12(15)13(16)8-10/h3-5,7-9,14,17H,2,6H2,1H3. The van der Waals surface area contributed by atoms with E-state index in [1.165, 1.54) is 6.07 Å². The van der Waals surface area contributed by atoms with Crippen LogP contribution in [0.3, 0.4) is 0 Å². The molecule has 0 aliphatic carbocycles. The lowest BCUT2D eigenvalue weighted by molar-refractivity contribution is 0.503. The highest BCUT2D eigenvalue weighted by Gasteiger charge is 2.15. The smallest absolute Gasteiger partial charge is 0.159 e. The van der Waals surface area contributed by atoms with E-state index in [1.807, 2.05) is 13.0 Å². The zero-order valence-electron chi connectivity index (χ0n) is 10.6. The zero-order chi connectivity index (χ0) is 13.7. The van der Waals surface area contributed by atoms with Gasteiger partial charge in [0, 0.05) is 6.20 Å². The quantitative estimate of drug-likeness (QED) is 0.901. The number of nitrogens with one attached hydrogen (secondary N) is 1. The van der Waals surface area contributed by atoms with Crippen molar-refractivity contribution in [1.82, 2.24) is 15.5 Å². The molecule has 0 saturated heterocycles. The predicted molar refractivity (Wildman–Crippen MR) is 68.5 cm³/mol. The number of halogens is 2. The molecule has 3 nitrogen and oxygen atoms in total. The summed E-state index contributed by atoms with van der Waals surface area (Å²) < 4.78 is 26.3. The summed E-state index contributed by atoms with van der Waals surface area (Å²) in [4.78, 5) is 0. The van der Waals surface area contributed by atoms with Crippen molar-refractivity contribution in [3.8, 4) is 0 Å². The molecule has 1 aromatic carbocycles. The Morgan fingerprint density at radius 2 is 1.95 bits per heavy atom. The summed E-state index contributed by atoms with van der Waals surface area (Å²) in [6.45, 7) is 2.81. The van der Waals surface area contributed by atoms with Crippen molar-refractivity contribution >= 4 is 0 Å². The maximum Gasteiger partial charge on any atom is 0.159 e. The second-order valence-corrected chi connectivity index (χ2v) is 4.24. The molecule has 0 aliphatic rings. The van der Waals surface area contributed by atoms with E-state index in [2.05, 4.69) is 15.5 Å². The van der Waals surface area contributed by atoms with E-state index in [0.717, 1.165) is 24.6 Å². The monoisotopic (exact) mass is 263 g/mol. The number of rotatable bonds is 5. The number of benzene rings is 1. The summed E-state index contributed by atoms with van der Waals surface area (Å²) in [6.07, 6.45) is 4.14. The van der Waals surface area contributed by atoms with Crippen molar-refractivity contribution in [2.45, 2.75) is 19.4 Å². The third-order valence-corrected chi connectivity index (χ3v) is 2.82. The molecular formula is C14H15F2N3. The number of nitrogens with zero attached hydrogens (tertiary/aromatic N) is 2. The van der Waals surface area contributed by atoms with Crippen LogP contribution >= 0.6 is 0 Å². The first kappa shape index (κ1) is 13.5. The molecular weight excluding hydrogens is 248 g/mol. The summed E-state index contributed by atoms with van der Waals surface area (Å²) in [5, 5.41) is 10.8. The Kier molecular flexibility index (Phi) is 4.52. The Labute approximate surface area is 110 Å². The van der Waals surface area contributed by atoms with Crippen LogP contribution in [0.5, 0.6) is 0 Å². The van der Waals surface area contributed by atoms with Gasteiger partial charge < -0.3 is 5.32 Å². The van der Waals surface area contributed by atoms with Gasteiger partial charge in [0.05, 0.1) is 12.2 Å². The van der Waals surface area contributed by atoms with Crippen molar-refractivity contribution in [3.05, 3.63) is 59.4 Å².